The van der Waals surface area contributed by atoms with Gasteiger partial charge in [0.15, 0.2) is 0 Å². The van der Waals surface area contributed by atoms with Crippen molar-refractivity contribution in [3.63, 3.8) is 0 Å². The van der Waals surface area contributed by atoms with Crippen LogP contribution in [-0.2, 0) is 15.0 Å². The number of hydrogen-bond acceptors (Lipinski definition) is 3. The number of amidine groups is 1. The van der Waals surface area contributed by atoms with Crippen molar-refractivity contribution < 1.29 is 9.59 Å². The zero-order valence-corrected chi connectivity index (χ0v) is 20.9. The normalized spacial score (nSPS) is 18.3. The van der Waals surface area contributed by atoms with E-state index in [1.165, 1.54) is 20.5 Å². The molecule has 3 aromatic rings. The van der Waals surface area contributed by atoms with Gasteiger partial charge in [-0.15, -0.1) is 0 Å². The Balaban J connectivity index is 1.70. The molecule has 3 heterocycles. The number of rotatable bonds is 2. The van der Waals surface area contributed by atoms with Crippen molar-refractivity contribution in [2.24, 2.45) is 4.99 Å². The Morgan fingerprint density at radius 1 is 1.03 bits per heavy atom. The molecule has 5 rings (SSSR count). The average Bonchev–Trinajstić information content (AvgIpc) is 3.16. The van der Waals surface area contributed by atoms with Gasteiger partial charge in [-0.25, -0.2) is 0 Å². The molecule has 0 bridgehead atoms. The molecule has 2 aliphatic heterocycles. The van der Waals surface area contributed by atoms with Crippen LogP contribution in [0.1, 0.15) is 28.6 Å². The second-order valence-electron chi connectivity index (χ2n) is 7.91. The first-order chi connectivity index (χ1) is 14.9. The van der Waals surface area contributed by atoms with Crippen LogP contribution in [-0.4, -0.2) is 53.0 Å². The zero-order valence-electron chi connectivity index (χ0n) is 16.9. The topological polar surface area (TPSA) is 61.8 Å². The molecule has 1 N–H and O–H groups in total. The number of benzene rings is 2. The minimum absolute atomic E-state index is 0.0942. The Hall–Kier alpha value is -2.42. The molecule has 0 fully saturated rings. The van der Waals surface area contributed by atoms with Crippen molar-refractivity contribution in [2.45, 2.75) is 19.3 Å². The van der Waals surface area contributed by atoms with Crippen molar-refractivity contribution in [1.29, 1.82) is 0 Å². The third-order valence-electron chi connectivity index (χ3n) is 5.63. The molecule has 0 aliphatic carbocycles. The van der Waals surface area contributed by atoms with Crippen LogP contribution in [0.2, 0.25) is 0 Å². The summed E-state index contributed by atoms with van der Waals surface area (Å²) in [7, 11) is 0. The maximum absolute atomic E-state index is 12.4. The van der Waals surface area contributed by atoms with E-state index in [1.54, 1.807) is 6.08 Å². The number of nitrogens with zero attached hydrogens (tertiary/aromatic N) is 2. The van der Waals surface area contributed by atoms with Crippen LogP contribution in [0.15, 0.2) is 71.2 Å². The Morgan fingerprint density at radius 2 is 1.74 bits per heavy atom. The summed E-state index contributed by atoms with van der Waals surface area (Å²) in [6.45, 7) is 4.48. The average molecular weight is 587 g/mol. The summed E-state index contributed by atoms with van der Waals surface area (Å²) in [5.74, 6) is -0.910. The molecule has 0 spiro atoms. The predicted octanol–water partition coefficient (Wildman–Crippen LogP) is 3.42. The number of carbonyl (C=O) groups is 2. The van der Waals surface area contributed by atoms with Gasteiger partial charge in [-0.1, -0.05) is 0 Å². The first-order valence-corrected chi connectivity index (χ1v) is 13.0. The second-order valence-corrected chi connectivity index (χ2v) is 11.8. The van der Waals surface area contributed by atoms with Crippen molar-refractivity contribution in [3.05, 3.63) is 80.9 Å². The molecule has 0 atom stereocenters. The van der Waals surface area contributed by atoms with E-state index in [0.717, 1.165) is 9.27 Å². The molecule has 1 aromatic heterocycles. The third-order valence-corrected chi connectivity index (χ3v) is 9.08. The Bertz CT molecular complexity index is 1290. The quantitative estimate of drug-likeness (QED) is 0.285. The van der Waals surface area contributed by atoms with Gasteiger partial charge in [-0.05, 0) is 0 Å². The Labute approximate surface area is 198 Å². The molecule has 153 valence electrons. The first-order valence-electron chi connectivity index (χ1n) is 9.78. The molecule has 0 unspecified atom stereocenters. The van der Waals surface area contributed by atoms with Crippen LogP contribution < -0.4 is 10.2 Å². The number of amides is 2. The van der Waals surface area contributed by atoms with E-state index >= 15 is 0 Å². The summed E-state index contributed by atoms with van der Waals surface area (Å²) in [6.07, 6.45) is 1.73. The van der Waals surface area contributed by atoms with Gasteiger partial charge >= 0.3 is 199 Å². The molecule has 0 saturated heterocycles. The molecule has 2 aliphatic rings. The number of para-hydroxylation sites is 2. The van der Waals surface area contributed by atoms with E-state index < -0.39 is 32.2 Å². The molecule has 7 heteroatoms. The third kappa shape index (κ3) is 3.43. The van der Waals surface area contributed by atoms with Gasteiger partial charge in [0, 0.05) is 0 Å². The summed E-state index contributed by atoms with van der Waals surface area (Å²) in [5.41, 5.74) is 4.74. The second kappa shape index (κ2) is 7.62. The summed E-state index contributed by atoms with van der Waals surface area (Å²) in [5, 5.41) is 2.59. The molecular weight excluding hydrogens is 569 g/mol. The molecule has 31 heavy (non-hydrogen) atoms. The Kier molecular flexibility index (Phi) is 5.03. The number of hydrogen-bond donors (Lipinski definition) is 1. The van der Waals surface area contributed by atoms with Gasteiger partial charge in [0.05, 0.1) is 0 Å². The predicted molar refractivity (Wildman–Crippen MR) is 125 cm³/mol. The van der Waals surface area contributed by atoms with E-state index in [0.29, 0.717) is 0 Å². The summed E-state index contributed by atoms with van der Waals surface area (Å²) < 4.78 is 2.56. The van der Waals surface area contributed by atoms with Crippen molar-refractivity contribution in [3.8, 4) is 0 Å². The van der Waals surface area contributed by atoms with Gasteiger partial charge < -0.3 is 0 Å². The van der Waals surface area contributed by atoms with E-state index in [-0.39, 0.29) is 15.7 Å². The summed E-state index contributed by atoms with van der Waals surface area (Å²) in [6, 6.07) is 21.0. The van der Waals surface area contributed by atoms with Crippen LogP contribution in [0.5, 0.6) is 0 Å². The minimum atomic E-state index is -0.837. The number of fused-ring (bicyclic) bond motifs is 2. The van der Waals surface area contributed by atoms with Gasteiger partial charge in [0.25, 0.3) is 0 Å². The van der Waals surface area contributed by atoms with Crippen LogP contribution in [0.3, 0.4) is 0 Å². The Morgan fingerprint density at radius 3 is 2.48 bits per heavy atom. The summed E-state index contributed by atoms with van der Waals surface area (Å²) >= 11 is 1.75. The van der Waals surface area contributed by atoms with E-state index in [2.05, 4.69) is 87.5 Å². The monoisotopic (exact) mass is 590 g/mol. The van der Waals surface area contributed by atoms with E-state index in [4.69, 9.17) is 0 Å². The standard InChI is InChI=1S/C24H18N3O2SeTe/c1-24(2)17-10-6-7-11-19(17)27(14-8-4-3-5-9-14)22-18(24)13-15(31-22)12-16-20(28)25-23(30)26-21(16)29/h3-13H,1-2H3,(H,25,26,28,29). The van der Waals surface area contributed by atoms with E-state index in [9.17, 15) is 9.59 Å². The maximum atomic E-state index is 12.4. The van der Waals surface area contributed by atoms with Crippen LogP contribution in [0.25, 0.3) is 6.08 Å². The van der Waals surface area contributed by atoms with Crippen molar-refractivity contribution in [2.75, 3.05) is 4.90 Å². The summed E-state index contributed by atoms with van der Waals surface area (Å²) in [4.78, 5) is 30.9. The van der Waals surface area contributed by atoms with E-state index in [1.807, 2.05) is 18.2 Å². The SMILES string of the molecule is CC1(C)c2ccccc2N(c2ccccc2)c2[te]c(/C=C3/C(=O)N=C([Se])NC3=O)cc21. The fraction of sp³-hybridized carbons (Fsp3) is 0.125. The van der Waals surface area contributed by atoms with Gasteiger partial charge in [-0.3, -0.25) is 0 Å². The van der Waals surface area contributed by atoms with Crippen LogP contribution >= 0.6 is 0 Å². The first kappa shape index (κ1) is 20.5. The molecule has 2 amide bonds. The molecule has 2 aromatic carbocycles. The van der Waals surface area contributed by atoms with Crippen LogP contribution in [0.4, 0.5) is 15.1 Å². The van der Waals surface area contributed by atoms with Gasteiger partial charge in [0.2, 0.25) is 0 Å². The fourth-order valence-electron chi connectivity index (χ4n) is 4.08. The van der Waals surface area contributed by atoms with Crippen molar-refractivity contribution >= 4 is 74.1 Å². The van der Waals surface area contributed by atoms with Gasteiger partial charge in [-0.2, -0.15) is 0 Å². The molecule has 5 nitrogen and oxygen atoms in total. The molecule has 1 radical (unpaired) electrons. The van der Waals surface area contributed by atoms with Crippen LogP contribution in [0, 0.1) is 0 Å². The van der Waals surface area contributed by atoms with Crippen molar-refractivity contribution in [1.82, 2.24) is 5.32 Å². The number of carbonyl (C=O) groups excluding carboxylic acids is 2. The zero-order chi connectivity index (χ0) is 21.8. The number of nitrogens with one attached hydrogen (secondary N) is 1. The number of aliphatic imine (C=N–C) groups is 1. The fourth-order valence-corrected chi connectivity index (χ4v) is 8.15. The molecule has 0 saturated carbocycles. The number of anilines is 3. The molecular formula is C24H18N3O2SeTe. The van der Waals surface area contributed by atoms with Gasteiger partial charge in [0.1, 0.15) is 0 Å².